The van der Waals surface area contributed by atoms with Crippen molar-refractivity contribution in [1.29, 1.82) is 0 Å². The summed E-state index contributed by atoms with van der Waals surface area (Å²) in [5, 5.41) is 7.94. The summed E-state index contributed by atoms with van der Waals surface area (Å²) < 4.78 is 1.67. The Morgan fingerprint density at radius 3 is 2.91 bits per heavy atom. The van der Waals surface area contributed by atoms with Crippen molar-refractivity contribution in [2.24, 2.45) is 7.05 Å². The molecule has 0 aliphatic carbocycles. The maximum Gasteiger partial charge on any atom is 0.126 e. The van der Waals surface area contributed by atoms with E-state index >= 15 is 0 Å². The second-order valence-electron chi connectivity index (χ2n) is 2.44. The summed E-state index contributed by atoms with van der Waals surface area (Å²) >= 11 is 5.79. The summed E-state index contributed by atoms with van der Waals surface area (Å²) in [6.07, 6.45) is 0.928. The van der Waals surface area contributed by atoms with E-state index in [1.807, 2.05) is 20.2 Å². The van der Waals surface area contributed by atoms with Gasteiger partial charge in [0, 0.05) is 20.0 Å². The number of rotatable bonds is 3. The third-order valence-electron chi connectivity index (χ3n) is 1.50. The van der Waals surface area contributed by atoms with E-state index in [1.165, 1.54) is 0 Å². The van der Waals surface area contributed by atoms with Gasteiger partial charge in [-0.3, -0.25) is 4.68 Å². The molecule has 0 bridgehead atoms. The van der Waals surface area contributed by atoms with Gasteiger partial charge in [-0.1, -0.05) is 11.6 Å². The Kier molecular flexibility index (Phi) is 2.91. The molecular weight excluding hydrogens is 162 g/mol. The largest absolute Gasteiger partial charge is 0.319 e. The van der Waals surface area contributed by atoms with Crippen LogP contribution in [0.15, 0.2) is 6.07 Å². The van der Waals surface area contributed by atoms with Crippen LogP contribution >= 0.6 is 11.6 Å². The van der Waals surface area contributed by atoms with Gasteiger partial charge >= 0.3 is 0 Å². The Bertz CT molecular complexity index is 212. The fraction of sp³-hybridized carbons (Fsp3) is 0.571. The molecule has 0 aliphatic rings. The molecule has 1 aromatic rings. The molecule has 0 aromatic carbocycles. The van der Waals surface area contributed by atoms with E-state index in [9.17, 15) is 0 Å². The molecule has 11 heavy (non-hydrogen) atoms. The average Bonchev–Trinajstić information content (AvgIpc) is 2.28. The maximum atomic E-state index is 5.79. The van der Waals surface area contributed by atoms with Gasteiger partial charge in [-0.25, -0.2) is 0 Å². The minimum absolute atomic E-state index is 0.691. The Morgan fingerprint density at radius 2 is 2.45 bits per heavy atom. The molecule has 0 saturated carbocycles. The Morgan fingerprint density at radius 1 is 1.73 bits per heavy atom. The Hall–Kier alpha value is -0.540. The first kappa shape index (κ1) is 8.56. The van der Waals surface area contributed by atoms with Crippen molar-refractivity contribution in [2.45, 2.75) is 6.42 Å². The number of halogens is 1. The van der Waals surface area contributed by atoms with Crippen LogP contribution in [0, 0.1) is 0 Å². The van der Waals surface area contributed by atoms with Crippen LogP contribution in [0.25, 0.3) is 0 Å². The first-order valence-electron chi connectivity index (χ1n) is 3.57. The number of likely N-dealkylation sites (N-methyl/N-ethyl adjacent to an activating group) is 1. The Balaban J connectivity index is 2.58. The lowest BCUT2D eigenvalue weighted by Gasteiger charge is -1.93. The molecule has 1 N–H and O–H groups in total. The molecule has 0 unspecified atom stereocenters. The van der Waals surface area contributed by atoms with Gasteiger partial charge in [0.05, 0.1) is 5.69 Å². The van der Waals surface area contributed by atoms with E-state index in [4.69, 9.17) is 11.6 Å². The molecule has 1 heterocycles. The number of aryl methyl sites for hydroxylation is 1. The average molecular weight is 174 g/mol. The lowest BCUT2D eigenvalue weighted by Crippen LogP contribution is -2.10. The lowest BCUT2D eigenvalue weighted by molar-refractivity contribution is 0.717. The molecule has 0 amide bonds. The van der Waals surface area contributed by atoms with E-state index in [-0.39, 0.29) is 0 Å². The molecule has 3 nitrogen and oxygen atoms in total. The van der Waals surface area contributed by atoms with Crippen LogP contribution < -0.4 is 5.32 Å². The van der Waals surface area contributed by atoms with Crippen molar-refractivity contribution < 1.29 is 0 Å². The predicted molar refractivity (Wildman–Crippen MR) is 45.8 cm³/mol. The number of nitrogens with one attached hydrogen (secondary N) is 1. The van der Waals surface area contributed by atoms with Gasteiger partial charge < -0.3 is 5.32 Å². The molecular formula is C7H12ClN3. The molecule has 0 aliphatic heterocycles. The van der Waals surface area contributed by atoms with Crippen LogP contribution in [0.3, 0.4) is 0 Å². The van der Waals surface area contributed by atoms with Crippen molar-refractivity contribution in [3.63, 3.8) is 0 Å². The smallest absolute Gasteiger partial charge is 0.126 e. The third-order valence-corrected chi connectivity index (χ3v) is 1.86. The molecule has 62 valence electrons. The van der Waals surface area contributed by atoms with E-state index in [0.29, 0.717) is 5.15 Å². The van der Waals surface area contributed by atoms with Crippen molar-refractivity contribution in [1.82, 2.24) is 15.1 Å². The van der Waals surface area contributed by atoms with Crippen LogP contribution in [0.5, 0.6) is 0 Å². The van der Waals surface area contributed by atoms with Crippen molar-refractivity contribution in [3.05, 3.63) is 16.9 Å². The monoisotopic (exact) mass is 173 g/mol. The minimum atomic E-state index is 0.691. The molecule has 0 spiro atoms. The van der Waals surface area contributed by atoms with E-state index in [2.05, 4.69) is 10.4 Å². The number of nitrogens with zero attached hydrogens (tertiary/aromatic N) is 2. The number of hydrogen-bond donors (Lipinski definition) is 1. The summed E-state index contributed by atoms with van der Waals surface area (Å²) in [5.41, 5.74) is 1.03. The summed E-state index contributed by atoms with van der Waals surface area (Å²) in [7, 11) is 3.76. The van der Waals surface area contributed by atoms with Crippen LogP contribution in [-0.2, 0) is 13.5 Å². The predicted octanol–water partition coefficient (Wildman–Crippen LogP) is 0.835. The SMILES string of the molecule is CNCCc1cc(Cl)n(C)n1. The van der Waals surface area contributed by atoms with Gasteiger partial charge in [-0.05, 0) is 13.1 Å². The minimum Gasteiger partial charge on any atom is -0.319 e. The highest BCUT2D eigenvalue weighted by Crippen LogP contribution is 2.08. The summed E-state index contributed by atoms with van der Waals surface area (Å²) in [6, 6.07) is 1.89. The van der Waals surface area contributed by atoms with Gasteiger partial charge in [0.25, 0.3) is 0 Å². The molecule has 1 aromatic heterocycles. The van der Waals surface area contributed by atoms with Crippen LogP contribution in [0.2, 0.25) is 5.15 Å². The molecule has 0 fully saturated rings. The number of aromatic nitrogens is 2. The normalized spacial score (nSPS) is 10.5. The summed E-state index contributed by atoms with van der Waals surface area (Å²) in [4.78, 5) is 0. The van der Waals surface area contributed by atoms with Crippen LogP contribution in [0.1, 0.15) is 5.69 Å². The molecule has 0 atom stereocenters. The topological polar surface area (TPSA) is 29.9 Å². The standard InChI is InChI=1S/C7H12ClN3/c1-9-4-3-6-5-7(8)11(2)10-6/h5,9H,3-4H2,1-2H3. The van der Waals surface area contributed by atoms with Gasteiger partial charge in [0.2, 0.25) is 0 Å². The van der Waals surface area contributed by atoms with E-state index in [0.717, 1.165) is 18.7 Å². The second kappa shape index (κ2) is 3.74. The second-order valence-corrected chi connectivity index (χ2v) is 2.82. The van der Waals surface area contributed by atoms with Crippen molar-refractivity contribution in [2.75, 3.05) is 13.6 Å². The van der Waals surface area contributed by atoms with Crippen molar-refractivity contribution in [3.8, 4) is 0 Å². The lowest BCUT2D eigenvalue weighted by atomic mass is 10.3. The zero-order valence-electron chi connectivity index (χ0n) is 6.76. The molecule has 0 saturated heterocycles. The van der Waals surface area contributed by atoms with Crippen molar-refractivity contribution >= 4 is 11.6 Å². The first-order valence-corrected chi connectivity index (χ1v) is 3.95. The fourth-order valence-corrected chi connectivity index (χ4v) is 1.04. The highest BCUT2D eigenvalue weighted by molar-refractivity contribution is 6.29. The Labute approximate surface area is 71.4 Å². The summed E-state index contributed by atoms with van der Waals surface area (Å²) in [6.45, 7) is 0.938. The molecule has 4 heteroatoms. The van der Waals surface area contributed by atoms with Gasteiger partial charge in [-0.2, -0.15) is 5.10 Å². The van der Waals surface area contributed by atoms with Crippen LogP contribution in [0.4, 0.5) is 0 Å². The highest BCUT2D eigenvalue weighted by Gasteiger charge is 2.00. The fourth-order valence-electron chi connectivity index (χ4n) is 0.875. The molecule has 1 rings (SSSR count). The van der Waals surface area contributed by atoms with Crippen LogP contribution in [-0.4, -0.2) is 23.4 Å². The van der Waals surface area contributed by atoms with Gasteiger partial charge in [0.15, 0.2) is 0 Å². The van der Waals surface area contributed by atoms with E-state index < -0.39 is 0 Å². The zero-order chi connectivity index (χ0) is 8.27. The van der Waals surface area contributed by atoms with E-state index in [1.54, 1.807) is 4.68 Å². The van der Waals surface area contributed by atoms with Gasteiger partial charge in [-0.15, -0.1) is 0 Å². The highest BCUT2D eigenvalue weighted by atomic mass is 35.5. The molecule has 0 radical (unpaired) electrons. The summed E-state index contributed by atoms with van der Waals surface area (Å²) in [5.74, 6) is 0. The number of hydrogen-bond acceptors (Lipinski definition) is 2. The quantitative estimate of drug-likeness (QED) is 0.734. The first-order chi connectivity index (χ1) is 5.24. The van der Waals surface area contributed by atoms with Gasteiger partial charge in [0.1, 0.15) is 5.15 Å². The third kappa shape index (κ3) is 2.20. The zero-order valence-corrected chi connectivity index (χ0v) is 7.52. The maximum absolute atomic E-state index is 5.79.